The first kappa shape index (κ1) is 14.7. The molecule has 0 aliphatic rings. The molecule has 4 nitrogen and oxygen atoms in total. The average Bonchev–Trinajstić information content (AvgIpc) is 3.22. The molecule has 0 aliphatic heterocycles. The monoisotopic (exact) mass is 336 g/mol. The van der Waals surface area contributed by atoms with Crippen molar-refractivity contribution in [3.8, 4) is 32.5 Å². The van der Waals surface area contributed by atoms with Crippen molar-refractivity contribution in [1.29, 1.82) is 0 Å². The molecule has 0 bridgehead atoms. The minimum absolute atomic E-state index is 0.262. The van der Waals surface area contributed by atoms with Gasteiger partial charge in [-0.05, 0) is 31.2 Å². The Bertz CT molecular complexity index is 991. The third-order valence-corrected chi connectivity index (χ3v) is 4.86. The summed E-state index contributed by atoms with van der Waals surface area (Å²) in [5.41, 5.74) is 3.49. The van der Waals surface area contributed by atoms with Gasteiger partial charge in [0.1, 0.15) is 16.6 Å². The zero-order valence-corrected chi connectivity index (χ0v) is 13.6. The van der Waals surface area contributed by atoms with Gasteiger partial charge in [-0.1, -0.05) is 12.1 Å². The standard InChI is InChI=1S/C18H13FN4S/c1-11-16(24-18(22-11)12-4-2-6-14(19)8-12)15-10-21-17(23-15)13-5-3-7-20-9-13/h2-10H,1H3,(H,21,23). The number of imidazole rings is 1. The maximum atomic E-state index is 13.4. The van der Waals surface area contributed by atoms with Crippen LogP contribution in [-0.2, 0) is 0 Å². The van der Waals surface area contributed by atoms with Crippen molar-refractivity contribution in [1.82, 2.24) is 19.9 Å². The summed E-state index contributed by atoms with van der Waals surface area (Å²) < 4.78 is 13.4. The number of thiazole rings is 1. The molecule has 0 saturated carbocycles. The van der Waals surface area contributed by atoms with Crippen molar-refractivity contribution in [3.63, 3.8) is 0 Å². The number of nitrogens with zero attached hydrogens (tertiary/aromatic N) is 3. The predicted octanol–water partition coefficient (Wildman–Crippen LogP) is 4.71. The Hall–Kier alpha value is -2.86. The van der Waals surface area contributed by atoms with E-state index in [0.717, 1.165) is 38.2 Å². The highest BCUT2D eigenvalue weighted by atomic mass is 32.1. The summed E-state index contributed by atoms with van der Waals surface area (Å²) >= 11 is 1.52. The molecular weight excluding hydrogens is 323 g/mol. The molecule has 118 valence electrons. The highest BCUT2D eigenvalue weighted by Crippen LogP contribution is 2.35. The van der Waals surface area contributed by atoms with Crippen LogP contribution in [0.4, 0.5) is 4.39 Å². The quantitative estimate of drug-likeness (QED) is 0.589. The van der Waals surface area contributed by atoms with E-state index in [0.29, 0.717) is 0 Å². The summed E-state index contributed by atoms with van der Waals surface area (Å²) in [6.45, 7) is 1.94. The van der Waals surface area contributed by atoms with Crippen molar-refractivity contribution < 1.29 is 4.39 Å². The molecule has 0 saturated heterocycles. The molecule has 0 unspecified atom stereocenters. The second-order valence-electron chi connectivity index (χ2n) is 5.33. The number of hydrogen-bond donors (Lipinski definition) is 1. The number of aromatic amines is 1. The molecule has 0 atom stereocenters. The maximum absolute atomic E-state index is 13.4. The third kappa shape index (κ3) is 2.72. The number of aryl methyl sites for hydroxylation is 1. The lowest BCUT2D eigenvalue weighted by atomic mass is 10.2. The van der Waals surface area contributed by atoms with Crippen molar-refractivity contribution in [2.24, 2.45) is 0 Å². The summed E-state index contributed by atoms with van der Waals surface area (Å²) in [4.78, 5) is 17.4. The lowest BCUT2D eigenvalue weighted by Crippen LogP contribution is -1.82. The molecule has 3 heterocycles. The van der Waals surface area contributed by atoms with E-state index in [1.165, 1.54) is 23.5 Å². The van der Waals surface area contributed by atoms with Gasteiger partial charge in [0.15, 0.2) is 0 Å². The summed E-state index contributed by atoms with van der Waals surface area (Å²) in [7, 11) is 0. The molecular formula is C18H13FN4S. The molecule has 0 spiro atoms. The third-order valence-electron chi connectivity index (χ3n) is 3.62. The minimum Gasteiger partial charge on any atom is -0.337 e. The van der Waals surface area contributed by atoms with E-state index in [1.54, 1.807) is 24.7 Å². The predicted molar refractivity (Wildman–Crippen MR) is 93.1 cm³/mol. The largest absolute Gasteiger partial charge is 0.337 e. The van der Waals surface area contributed by atoms with Crippen LogP contribution in [0.2, 0.25) is 0 Å². The van der Waals surface area contributed by atoms with Crippen LogP contribution in [0.1, 0.15) is 5.69 Å². The van der Waals surface area contributed by atoms with Gasteiger partial charge in [0.05, 0.1) is 22.5 Å². The van der Waals surface area contributed by atoms with Crippen molar-refractivity contribution in [2.75, 3.05) is 0 Å². The van der Waals surface area contributed by atoms with E-state index < -0.39 is 0 Å². The fraction of sp³-hybridized carbons (Fsp3) is 0.0556. The molecule has 1 aromatic carbocycles. The van der Waals surface area contributed by atoms with E-state index in [2.05, 4.69) is 19.9 Å². The first-order valence-electron chi connectivity index (χ1n) is 7.40. The number of pyridine rings is 1. The molecule has 6 heteroatoms. The lowest BCUT2D eigenvalue weighted by molar-refractivity contribution is 0.628. The molecule has 4 rings (SSSR count). The molecule has 24 heavy (non-hydrogen) atoms. The second-order valence-corrected chi connectivity index (χ2v) is 6.33. The first-order chi connectivity index (χ1) is 11.7. The fourth-order valence-corrected chi connectivity index (χ4v) is 3.51. The molecule has 0 aliphatic carbocycles. The first-order valence-corrected chi connectivity index (χ1v) is 8.21. The van der Waals surface area contributed by atoms with Crippen LogP contribution in [0, 0.1) is 12.7 Å². The van der Waals surface area contributed by atoms with Gasteiger partial charge in [-0.3, -0.25) is 4.98 Å². The van der Waals surface area contributed by atoms with Crippen LogP contribution in [0.5, 0.6) is 0 Å². The van der Waals surface area contributed by atoms with Crippen LogP contribution in [0.15, 0.2) is 55.0 Å². The molecule has 3 aromatic heterocycles. The van der Waals surface area contributed by atoms with Gasteiger partial charge in [-0.15, -0.1) is 11.3 Å². The summed E-state index contributed by atoms with van der Waals surface area (Å²) in [5.74, 6) is 0.500. The molecule has 0 fully saturated rings. The Kier molecular flexibility index (Phi) is 3.66. The summed E-state index contributed by atoms with van der Waals surface area (Å²) in [5, 5.41) is 0.791. The second kappa shape index (κ2) is 5.98. The molecule has 1 N–H and O–H groups in total. The fourth-order valence-electron chi connectivity index (χ4n) is 2.48. The SMILES string of the molecule is Cc1nc(-c2cccc(F)c2)sc1-c1cnc(-c2cccnc2)[nH]1. The van der Waals surface area contributed by atoms with Gasteiger partial charge < -0.3 is 4.98 Å². The van der Waals surface area contributed by atoms with Crippen molar-refractivity contribution in [3.05, 3.63) is 66.5 Å². The topological polar surface area (TPSA) is 54.5 Å². The molecule has 4 aromatic rings. The van der Waals surface area contributed by atoms with Gasteiger partial charge in [0, 0.05) is 23.5 Å². The van der Waals surface area contributed by atoms with Crippen LogP contribution >= 0.6 is 11.3 Å². The average molecular weight is 336 g/mol. The summed E-state index contributed by atoms with van der Waals surface area (Å²) in [6, 6.07) is 10.3. The van der Waals surface area contributed by atoms with Gasteiger partial charge >= 0.3 is 0 Å². The number of H-pyrrole nitrogens is 1. The number of nitrogens with one attached hydrogen (secondary N) is 1. The Morgan fingerprint density at radius 2 is 1.96 bits per heavy atom. The van der Waals surface area contributed by atoms with E-state index in [9.17, 15) is 4.39 Å². The number of benzene rings is 1. The van der Waals surface area contributed by atoms with Crippen molar-refractivity contribution in [2.45, 2.75) is 6.92 Å². The Balaban J connectivity index is 1.72. The zero-order valence-electron chi connectivity index (χ0n) is 12.8. The highest BCUT2D eigenvalue weighted by molar-refractivity contribution is 7.18. The van der Waals surface area contributed by atoms with E-state index in [1.807, 2.05) is 25.1 Å². The van der Waals surface area contributed by atoms with Gasteiger partial charge in [-0.2, -0.15) is 0 Å². The van der Waals surface area contributed by atoms with Crippen LogP contribution < -0.4 is 0 Å². The summed E-state index contributed by atoms with van der Waals surface area (Å²) in [6.07, 6.45) is 5.28. The van der Waals surface area contributed by atoms with Gasteiger partial charge in [-0.25, -0.2) is 14.4 Å². The molecule has 0 radical (unpaired) electrons. The molecule has 0 amide bonds. The van der Waals surface area contributed by atoms with Crippen LogP contribution in [0.25, 0.3) is 32.5 Å². The smallest absolute Gasteiger partial charge is 0.139 e. The van der Waals surface area contributed by atoms with E-state index in [-0.39, 0.29) is 5.82 Å². The van der Waals surface area contributed by atoms with Crippen molar-refractivity contribution >= 4 is 11.3 Å². The zero-order chi connectivity index (χ0) is 16.5. The normalized spacial score (nSPS) is 10.9. The number of rotatable bonds is 3. The van der Waals surface area contributed by atoms with E-state index in [4.69, 9.17) is 0 Å². The maximum Gasteiger partial charge on any atom is 0.139 e. The number of hydrogen-bond acceptors (Lipinski definition) is 4. The van der Waals surface area contributed by atoms with Crippen LogP contribution in [-0.4, -0.2) is 19.9 Å². The number of aromatic nitrogens is 4. The van der Waals surface area contributed by atoms with Gasteiger partial charge in [0.2, 0.25) is 0 Å². The Morgan fingerprint density at radius 3 is 2.75 bits per heavy atom. The highest BCUT2D eigenvalue weighted by Gasteiger charge is 2.14. The number of halogens is 1. The Morgan fingerprint density at radius 1 is 1.08 bits per heavy atom. The Labute approximate surface area is 142 Å². The van der Waals surface area contributed by atoms with E-state index >= 15 is 0 Å². The minimum atomic E-state index is -0.262. The van der Waals surface area contributed by atoms with Crippen LogP contribution in [0.3, 0.4) is 0 Å². The van der Waals surface area contributed by atoms with Gasteiger partial charge in [0.25, 0.3) is 0 Å². The lowest BCUT2D eigenvalue weighted by Gasteiger charge is -1.96.